The molecule has 11 heteroatoms. The van der Waals surface area contributed by atoms with Gasteiger partial charge in [0, 0.05) is 87.4 Å². The Bertz CT molecular complexity index is 5540. The lowest BCUT2D eigenvalue weighted by atomic mass is 10.0. The summed E-state index contributed by atoms with van der Waals surface area (Å²) in [6, 6.07) is 124. The first-order valence-electron chi connectivity index (χ1n) is 38.4. The maximum atomic E-state index is 12.6. The quantitative estimate of drug-likeness (QED) is 0.123. The molecule has 0 spiro atoms. The lowest BCUT2D eigenvalue weighted by Crippen LogP contribution is -1.93. The first-order chi connectivity index (χ1) is 56.8. The minimum absolute atomic E-state index is 0.305. The van der Waals surface area contributed by atoms with Crippen molar-refractivity contribution < 1.29 is 4.39 Å². The first-order valence-corrected chi connectivity index (χ1v) is 38.4. The summed E-state index contributed by atoms with van der Waals surface area (Å²) in [5.41, 5.74) is 31.2. The number of hydrogen-bond donors (Lipinski definition) is 0. The third-order valence-electron chi connectivity index (χ3n) is 18.2. The molecule has 18 rings (SSSR count). The van der Waals surface area contributed by atoms with Gasteiger partial charge in [-0.15, -0.1) is 0 Å². The van der Waals surface area contributed by atoms with E-state index in [0.717, 1.165) is 113 Å². The van der Waals surface area contributed by atoms with E-state index in [1.807, 2.05) is 245 Å². The molecule has 0 fully saturated rings. The average molecular weight is 1510 g/mol. The lowest BCUT2D eigenvalue weighted by molar-refractivity contribution is 0.622. The van der Waals surface area contributed by atoms with Crippen molar-refractivity contribution >= 4 is 0 Å². The van der Waals surface area contributed by atoms with E-state index in [1.165, 1.54) is 62.3 Å². The van der Waals surface area contributed by atoms with Crippen molar-refractivity contribution in [1.29, 1.82) is 0 Å². The van der Waals surface area contributed by atoms with Crippen LogP contribution in [0.5, 0.6) is 0 Å². The molecule has 0 aliphatic rings. The normalized spacial score (nSPS) is 10.2. The number of pyridine rings is 10. The maximum absolute atomic E-state index is 12.6. The van der Waals surface area contributed by atoms with Crippen LogP contribution in [0.25, 0.3) is 124 Å². The Kier molecular flexibility index (Phi) is 29.2. The van der Waals surface area contributed by atoms with Gasteiger partial charge >= 0.3 is 0 Å². The molecule has 0 amide bonds. The maximum Gasteiger partial charge on any atom is 0.141 e. The van der Waals surface area contributed by atoms with Crippen LogP contribution >= 0.6 is 0 Å². The van der Waals surface area contributed by atoms with Crippen LogP contribution < -0.4 is 0 Å². The van der Waals surface area contributed by atoms with Gasteiger partial charge in [-0.25, -0.2) is 14.4 Å². The van der Waals surface area contributed by atoms with Gasteiger partial charge in [0.2, 0.25) is 0 Å². The third-order valence-corrected chi connectivity index (χ3v) is 18.2. The highest BCUT2D eigenvalue weighted by Crippen LogP contribution is 2.31. The summed E-state index contributed by atoms with van der Waals surface area (Å²) in [7, 11) is 0. The number of benzene rings is 8. The number of hydrogen-bond acceptors (Lipinski definition) is 10. The molecule has 0 aliphatic carbocycles. The Morgan fingerprint density at radius 2 is 0.483 bits per heavy atom. The number of rotatable bonds is 11. The van der Waals surface area contributed by atoms with Crippen LogP contribution in [0.2, 0.25) is 0 Å². The van der Waals surface area contributed by atoms with Gasteiger partial charge in [0.1, 0.15) is 5.82 Å². The van der Waals surface area contributed by atoms with Gasteiger partial charge in [0.25, 0.3) is 0 Å². The molecule has 0 saturated heterocycles. The lowest BCUT2D eigenvalue weighted by Gasteiger charge is -2.09. The van der Waals surface area contributed by atoms with E-state index in [-0.39, 0.29) is 5.82 Å². The van der Waals surface area contributed by atoms with Crippen LogP contribution in [0.1, 0.15) is 39.1 Å². The summed E-state index contributed by atoms with van der Waals surface area (Å²) >= 11 is 0. The molecule has 0 saturated carbocycles. The SMILES string of the molecule is Cc1cc(-c2ccccc2)nc(-c2ccccc2)c1.Cc1cc(-c2ccccn2)cc(-c2ccccn2)c1.Cc1ccc(-c2cc(-c3ccccn3)nc(-c3ccccn3)c2)cc1.Cc1ccc(-c2ccc(F)cn2)cc1.Cc1ccc(-c2ccccn2)cc1.Cc1cccc(-c2ccccc2)n1.Cc1cccc(-c2ccccn2)c1. The molecule has 0 radical (unpaired) electrons. The highest BCUT2D eigenvalue weighted by atomic mass is 19.1. The Hall–Kier alpha value is -14.8. The van der Waals surface area contributed by atoms with Crippen molar-refractivity contribution in [3.63, 3.8) is 0 Å². The molecule has 0 aliphatic heterocycles. The standard InChI is InChI=1S/C22H17N3.C18H15N.C17H14N2.C12H10FN.3C12H11N/c1-16-8-10-17(11-9-16)18-14-21(19-6-2-4-12-23-19)25-22(15-18)20-7-3-5-13-24-20;1-14-12-17(15-8-4-2-5-9-15)19-18(13-14)16-10-6-3-7-11-16;1-13-10-14(16-6-2-4-8-18-16)12-15(11-13)17-7-3-5-9-19-17;1-9-2-4-10(5-3-9)12-7-6-11(13)8-14-12;1-10-5-4-6-11(9-10)12-7-2-3-8-13-12;1-10-5-7-11(8-6-10)12-4-2-3-9-13-12;1-10-6-5-9-12(13-10)11-7-3-2-4-8-11/h2-15H,1H3;2-13H,1H3;2-12H,1H3;2-8H,1H3;3*2-9H,1H3. The number of halogens is 1. The molecule has 18 aromatic rings. The van der Waals surface area contributed by atoms with E-state index in [2.05, 4.69) is 226 Å². The molecular weight excluding hydrogens is 1420 g/mol. The van der Waals surface area contributed by atoms with E-state index in [1.54, 1.807) is 18.5 Å². The molecule has 0 unspecified atom stereocenters. The Balaban J connectivity index is 0.000000127. The smallest absolute Gasteiger partial charge is 0.141 e. The van der Waals surface area contributed by atoms with Crippen LogP contribution in [0, 0.1) is 54.3 Å². The molecule has 8 aromatic carbocycles. The number of aryl methyl sites for hydroxylation is 7. The average Bonchev–Trinajstić information content (AvgIpc) is 0.813. The van der Waals surface area contributed by atoms with Crippen molar-refractivity contribution in [2.75, 3.05) is 0 Å². The number of aromatic nitrogens is 10. The minimum atomic E-state index is -0.305. The van der Waals surface area contributed by atoms with Crippen LogP contribution in [0.3, 0.4) is 0 Å². The van der Waals surface area contributed by atoms with Gasteiger partial charge in [0.05, 0.1) is 74.5 Å². The molecule has 10 aromatic heterocycles. The highest BCUT2D eigenvalue weighted by Gasteiger charge is 2.12. The van der Waals surface area contributed by atoms with Crippen LogP contribution in [-0.2, 0) is 0 Å². The zero-order valence-electron chi connectivity index (χ0n) is 66.1. The summed E-state index contributed by atoms with van der Waals surface area (Å²) in [6.45, 7) is 14.5. The van der Waals surface area contributed by atoms with Crippen molar-refractivity contribution in [3.8, 4) is 124 Å². The monoisotopic (exact) mass is 1510 g/mol. The van der Waals surface area contributed by atoms with E-state index >= 15 is 0 Å². The Morgan fingerprint density at radius 1 is 0.164 bits per heavy atom. The molecule has 566 valence electrons. The fourth-order valence-electron chi connectivity index (χ4n) is 12.2. The second kappa shape index (κ2) is 42.0. The summed E-state index contributed by atoms with van der Waals surface area (Å²) in [4.78, 5) is 44.3. The second-order valence-electron chi connectivity index (χ2n) is 27.5. The summed E-state index contributed by atoms with van der Waals surface area (Å²) in [5, 5.41) is 0. The first kappa shape index (κ1) is 80.7. The molecule has 0 bridgehead atoms. The van der Waals surface area contributed by atoms with Gasteiger partial charge in [0.15, 0.2) is 0 Å². The molecule has 0 atom stereocenters. The van der Waals surface area contributed by atoms with Crippen molar-refractivity contribution in [3.05, 3.63) is 458 Å². The van der Waals surface area contributed by atoms with E-state index in [0.29, 0.717) is 0 Å². The summed E-state index contributed by atoms with van der Waals surface area (Å²) in [5.74, 6) is -0.305. The van der Waals surface area contributed by atoms with Crippen molar-refractivity contribution in [2.45, 2.75) is 48.5 Å². The van der Waals surface area contributed by atoms with Crippen molar-refractivity contribution in [2.24, 2.45) is 0 Å². The Labute approximate surface area is 680 Å². The van der Waals surface area contributed by atoms with Gasteiger partial charge in [-0.2, -0.15) is 0 Å². The van der Waals surface area contributed by atoms with Gasteiger partial charge < -0.3 is 0 Å². The predicted molar refractivity (Wildman–Crippen MR) is 476 cm³/mol. The summed E-state index contributed by atoms with van der Waals surface area (Å²) in [6.07, 6.45) is 12.1. The van der Waals surface area contributed by atoms with Crippen LogP contribution in [-0.4, -0.2) is 49.8 Å². The van der Waals surface area contributed by atoms with Crippen molar-refractivity contribution in [1.82, 2.24) is 49.8 Å². The zero-order valence-corrected chi connectivity index (χ0v) is 66.1. The van der Waals surface area contributed by atoms with E-state index in [4.69, 9.17) is 9.97 Å². The molecule has 116 heavy (non-hydrogen) atoms. The minimum Gasteiger partial charge on any atom is -0.256 e. The fourth-order valence-corrected chi connectivity index (χ4v) is 12.2. The third kappa shape index (κ3) is 24.6. The highest BCUT2D eigenvalue weighted by molar-refractivity contribution is 5.76. The topological polar surface area (TPSA) is 129 Å². The molecular formula is C105H89FN10. The van der Waals surface area contributed by atoms with Crippen LogP contribution in [0.15, 0.2) is 413 Å². The van der Waals surface area contributed by atoms with E-state index in [9.17, 15) is 4.39 Å². The summed E-state index contributed by atoms with van der Waals surface area (Å²) < 4.78 is 12.6. The van der Waals surface area contributed by atoms with Gasteiger partial charge in [-0.3, -0.25) is 39.9 Å². The predicted octanol–water partition coefficient (Wildman–Crippen LogP) is 26.4. The van der Waals surface area contributed by atoms with E-state index < -0.39 is 0 Å². The van der Waals surface area contributed by atoms with Crippen LogP contribution in [0.4, 0.5) is 4.39 Å². The Morgan fingerprint density at radius 3 is 0.871 bits per heavy atom. The second-order valence-corrected chi connectivity index (χ2v) is 27.5. The zero-order chi connectivity index (χ0) is 80.5. The largest absolute Gasteiger partial charge is 0.256 e. The molecule has 0 N–H and O–H groups in total. The molecule has 10 nitrogen and oxygen atoms in total. The van der Waals surface area contributed by atoms with Gasteiger partial charge in [-0.1, -0.05) is 247 Å². The fraction of sp³-hybridized carbons (Fsp3) is 0.0667. The van der Waals surface area contributed by atoms with Gasteiger partial charge in [-0.05, 0) is 216 Å². The molecule has 10 heterocycles. The number of nitrogens with zero attached hydrogens (tertiary/aromatic N) is 10.